The van der Waals surface area contributed by atoms with Gasteiger partial charge in [0.2, 0.25) is 5.89 Å². The fraction of sp³-hybridized carbons (Fsp3) is 0.500. The van der Waals surface area contributed by atoms with E-state index in [9.17, 15) is 13.2 Å². The molecule has 1 aromatic heterocycles. The molecule has 0 bridgehead atoms. The van der Waals surface area contributed by atoms with E-state index < -0.39 is 11.7 Å². The quantitative estimate of drug-likeness (QED) is 0.396. The number of alkyl halides is 3. The third-order valence-corrected chi connectivity index (χ3v) is 7.83. The molecule has 0 amide bonds. The van der Waals surface area contributed by atoms with Gasteiger partial charge in [0.15, 0.2) is 5.82 Å². The lowest BCUT2D eigenvalue weighted by Crippen LogP contribution is -2.38. The van der Waals surface area contributed by atoms with Crippen LogP contribution >= 0.6 is 0 Å². The zero-order chi connectivity index (χ0) is 25.2. The standard InChI is InChI=1S/C28H33F3N4O/c1-20-5-2-7-23(17-20)27(11-4-12-27)26-33-25(36-34-26)19-32-13-16-35-14-9-21(10-15-35)22-6-3-8-24(18-22)28(29,30)31/h2-3,5-8,17-18,21,32H,4,9-16,19H2,1H3. The van der Waals surface area contributed by atoms with E-state index in [-0.39, 0.29) is 11.3 Å². The Hall–Kier alpha value is -2.71. The minimum Gasteiger partial charge on any atom is -0.338 e. The largest absolute Gasteiger partial charge is 0.416 e. The highest BCUT2D eigenvalue weighted by Crippen LogP contribution is 2.47. The average molecular weight is 499 g/mol. The van der Waals surface area contributed by atoms with Crippen LogP contribution in [-0.2, 0) is 18.1 Å². The molecule has 192 valence electrons. The molecule has 0 unspecified atom stereocenters. The number of rotatable bonds is 8. The van der Waals surface area contributed by atoms with Gasteiger partial charge in [-0.3, -0.25) is 0 Å². The normalized spacial score (nSPS) is 18.8. The van der Waals surface area contributed by atoms with Crippen LogP contribution in [-0.4, -0.2) is 41.2 Å². The summed E-state index contributed by atoms with van der Waals surface area (Å²) in [6.45, 7) is 6.06. The van der Waals surface area contributed by atoms with Gasteiger partial charge in [0.1, 0.15) is 0 Å². The van der Waals surface area contributed by atoms with Crippen molar-refractivity contribution in [3.63, 3.8) is 0 Å². The molecule has 8 heteroatoms. The van der Waals surface area contributed by atoms with E-state index in [1.54, 1.807) is 0 Å². The Bertz CT molecular complexity index is 1160. The van der Waals surface area contributed by atoms with Crippen LogP contribution in [0.2, 0.25) is 0 Å². The minimum atomic E-state index is -4.29. The Morgan fingerprint density at radius 2 is 1.86 bits per heavy atom. The Morgan fingerprint density at radius 3 is 2.56 bits per heavy atom. The van der Waals surface area contributed by atoms with E-state index in [0.29, 0.717) is 12.4 Å². The maximum Gasteiger partial charge on any atom is 0.416 e. The zero-order valence-electron chi connectivity index (χ0n) is 20.7. The Labute approximate surface area is 210 Å². The molecular formula is C28H33F3N4O. The van der Waals surface area contributed by atoms with Gasteiger partial charge in [0.25, 0.3) is 0 Å². The molecular weight excluding hydrogens is 465 g/mol. The van der Waals surface area contributed by atoms with Gasteiger partial charge in [-0.2, -0.15) is 18.2 Å². The van der Waals surface area contributed by atoms with Crippen LogP contribution in [0.4, 0.5) is 13.2 Å². The highest BCUT2D eigenvalue weighted by atomic mass is 19.4. The van der Waals surface area contributed by atoms with Crippen LogP contribution in [0.3, 0.4) is 0 Å². The summed E-state index contributed by atoms with van der Waals surface area (Å²) in [6, 6.07) is 14.4. The topological polar surface area (TPSA) is 54.2 Å². The molecule has 1 aliphatic heterocycles. The molecule has 1 saturated carbocycles. The van der Waals surface area contributed by atoms with Crippen molar-refractivity contribution in [1.29, 1.82) is 0 Å². The van der Waals surface area contributed by atoms with Crippen molar-refractivity contribution in [3.05, 3.63) is 82.5 Å². The highest BCUT2D eigenvalue weighted by Gasteiger charge is 2.44. The molecule has 5 rings (SSSR count). The summed E-state index contributed by atoms with van der Waals surface area (Å²) in [5.41, 5.74) is 2.62. The van der Waals surface area contributed by atoms with Gasteiger partial charge in [0.05, 0.1) is 17.5 Å². The number of halogens is 3. The lowest BCUT2D eigenvalue weighted by atomic mass is 9.64. The summed E-state index contributed by atoms with van der Waals surface area (Å²) in [7, 11) is 0. The van der Waals surface area contributed by atoms with Crippen LogP contribution in [0.25, 0.3) is 0 Å². The molecule has 2 fully saturated rings. The monoisotopic (exact) mass is 498 g/mol. The number of aromatic nitrogens is 2. The summed E-state index contributed by atoms with van der Waals surface area (Å²) in [5, 5.41) is 7.74. The molecule has 2 heterocycles. The molecule has 1 saturated heterocycles. The first kappa shape index (κ1) is 25.0. The maximum absolute atomic E-state index is 13.0. The number of piperidine rings is 1. The molecule has 36 heavy (non-hydrogen) atoms. The molecule has 0 spiro atoms. The van der Waals surface area contributed by atoms with E-state index in [4.69, 9.17) is 9.51 Å². The van der Waals surface area contributed by atoms with Crippen molar-refractivity contribution in [2.75, 3.05) is 26.2 Å². The number of hydrogen-bond donors (Lipinski definition) is 1. The summed E-state index contributed by atoms with van der Waals surface area (Å²) in [5.74, 6) is 1.57. The van der Waals surface area contributed by atoms with Gasteiger partial charge in [-0.1, -0.05) is 59.6 Å². The summed E-state index contributed by atoms with van der Waals surface area (Å²) in [4.78, 5) is 7.09. The molecule has 3 aromatic rings. The number of benzene rings is 2. The number of nitrogens with one attached hydrogen (secondary N) is 1. The number of aryl methyl sites for hydroxylation is 1. The van der Waals surface area contributed by atoms with Crippen LogP contribution in [0, 0.1) is 6.92 Å². The molecule has 1 aliphatic carbocycles. The van der Waals surface area contributed by atoms with Crippen LogP contribution in [0.5, 0.6) is 0 Å². The number of hydrogen-bond acceptors (Lipinski definition) is 5. The molecule has 5 nitrogen and oxygen atoms in total. The molecule has 1 N–H and O–H groups in total. The van der Waals surface area contributed by atoms with Crippen molar-refractivity contribution in [2.45, 2.75) is 63.1 Å². The Morgan fingerprint density at radius 1 is 1.08 bits per heavy atom. The second kappa shape index (κ2) is 10.3. The fourth-order valence-corrected chi connectivity index (χ4v) is 5.53. The van der Waals surface area contributed by atoms with Crippen molar-refractivity contribution in [2.24, 2.45) is 0 Å². The second-order valence-corrected chi connectivity index (χ2v) is 10.2. The van der Waals surface area contributed by atoms with Crippen molar-refractivity contribution in [1.82, 2.24) is 20.4 Å². The maximum atomic E-state index is 13.0. The predicted molar refractivity (Wildman–Crippen MR) is 132 cm³/mol. The van der Waals surface area contributed by atoms with Crippen molar-refractivity contribution in [3.8, 4) is 0 Å². The third kappa shape index (κ3) is 5.34. The van der Waals surface area contributed by atoms with Crippen molar-refractivity contribution >= 4 is 0 Å². The van der Waals surface area contributed by atoms with E-state index in [0.717, 1.165) is 69.3 Å². The van der Waals surface area contributed by atoms with Gasteiger partial charge in [-0.05, 0) is 68.8 Å². The number of likely N-dealkylation sites (tertiary alicyclic amines) is 1. The fourth-order valence-electron chi connectivity index (χ4n) is 5.53. The van der Waals surface area contributed by atoms with E-state index in [1.807, 2.05) is 6.07 Å². The molecule has 2 aromatic carbocycles. The molecule has 0 radical (unpaired) electrons. The van der Waals surface area contributed by atoms with Crippen LogP contribution < -0.4 is 5.32 Å². The summed E-state index contributed by atoms with van der Waals surface area (Å²) < 4.78 is 44.7. The average Bonchev–Trinajstić information content (AvgIpc) is 3.30. The highest BCUT2D eigenvalue weighted by molar-refractivity contribution is 5.37. The summed E-state index contributed by atoms with van der Waals surface area (Å²) >= 11 is 0. The van der Waals surface area contributed by atoms with Gasteiger partial charge >= 0.3 is 6.18 Å². The third-order valence-electron chi connectivity index (χ3n) is 7.83. The van der Waals surface area contributed by atoms with E-state index >= 15 is 0 Å². The van der Waals surface area contributed by atoms with E-state index in [1.165, 1.54) is 29.7 Å². The number of nitrogens with zero attached hydrogens (tertiary/aromatic N) is 3. The lowest BCUT2D eigenvalue weighted by molar-refractivity contribution is -0.137. The van der Waals surface area contributed by atoms with Gasteiger partial charge in [-0.25, -0.2) is 0 Å². The minimum absolute atomic E-state index is 0.127. The van der Waals surface area contributed by atoms with Gasteiger partial charge in [0, 0.05) is 13.1 Å². The Balaban J connectivity index is 1.08. The summed E-state index contributed by atoms with van der Waals surface area (Å²) in [6.07, 6.45) is 0.699. The predicted octanol–water partition coefficient (Wildman–Crippen LogP) is 5.84. The first-order valence-corrected chi connectivity index (χ1v) is 12.8. The van der Waals surface area contributed by atoms with E-state index in [2.05, 4.69) is 46.6 Å². The molecule has 2 aliphatic rings. The van der Waals surface area contributed by atoms with Crippen molar-refractivity contribution < 1.29 is 17.7 Å². The Kier molecular flexibility index (Phi) is 7.17. The lowest BCUT2D eigenvalue weighted by Gasteiger charge is -2.39. The molecule has 0 atom stereocenters. The van der Waals surface area contributed by atoms with Gasteiger partial charge in [-0.15, -0.1) is 0 Å². The smallest absolute Gasteiger partial charge is 0.338 e. The van der Waals surface area contributed by atoms with Crippen LogP contribution in [0.15, 0.2) is 53.1 Å². The first-order chi connectivity index (χ1) is 17.3. The second-order valence-electron chi connectivity index (χ2n) is 10.2. The van der Waals surface area contributed by atoms with Gasteiger partial charge < -0.3 is 14.7 Å². The SMILES string of the molecule is Cc1cccc(C2(c3noc(CNCCN4CCC(c5cccc(C(F)(F)F)c5)CC4)n3)CCC2)c1. The first-order valence-electron chi connectivity index (χ1n) is 12.8. The zero-order valence-corrected chi connectivity index (χ0v) is 20.7. The van der Waals surface area contributed by atoms with Crippen LogP contribution in [0.1, 0.15) is 72.0 Å².